The number of nitrogens with one attached hydrogen (secondary N) is 1. The molecule has 1 heterocycles. The van der Waals surface area contributed by atoms with Crippen LogP contribution >= 0.6 is 15.9 Å². The average Bonchev–Trinajstić information content (AvgIpc) is 3.03. The highest BCUT2D eigenvalue weighted by Gasteiger charge is 2.46. The summed E-state index contributed by atoms with van der Waals surface area (Å²) in [5.41, 5.74) is 0.324. The number of likely N-dealkylation sites (tertiary alicyclic amines) is 1. The lowest BCUT2D eigenvalue weighted by Gasteiger charge is -2.34. The second-order valence-corrected chi connectivity index (χ2v) is 5.73. The summed E-state index contributed by atoms with van der Waals surface area (Å²) >= 11 is 3.39. The van der Waals surface area contributed by atoms with Crippen molar-refractivity contribution in [1.82, 2.24) is 10.2 Å². The molecule has 1 N–H and O–H groups in total. The van der Waals surface area contributed by atoms with Gasteiger partial charge < -0.3 is 10.2 Å². The van der Waals surface area contributed by atoms with Crippen molar-refractivity contribution in [2.75, 3.05) is 13.6 Å². The largest absolute Gasteiger partial charge is 0.357 e. The Morgan fingerprint density at radius 3 is 2.30 bits per heavy atom. The molecule has 1 aliphatic rings. The maximum Gasteiger partial charge on any atom is 0.246 e. The number of nitrogens with zero attached hydrogens (tertiary/aromatic N) is 1. The van der Waals surface area contributed by atoms with Gasteiger partial charge >= 0.3 is 0 Å². The van der Waals surface area contributed by atoms with E-state index in [4.69, 9.17) is 0 Å². The molecule has 1 atom stereocenters. The highest BCUT2D eigenvalue weighted by atomic mass is 79.9. The van der Waals surface area contributed by atoms with Crippen LogP contribution in [0.1, 0.15) is 46.1 Å². The third kappa shape index (κ3) is 5.34. The number of carbonyl (C=O) groups is 2. The Kier molecular flexibility index (Phi) is 10.6. The molecule has 1 fully saturated rings. The number of halogens is 1. The Balaban J connectivity index is 0.00000112. The molecule has 2 rings (SSSR count). The summed E-state index contributed by atoms with van der Waals surface area (Å²) in [4.78, 5) is 25.1. The van der Waals surface area contributed by atoms with E-state index < -0.39 is 5.54 Å². The van der Waals surface area contributed by atoms with Crippen LogP contribution < -0.4 is 5.32 Å². The third-order valence-corrected chi connectivity index (χ3v) is 4.25. The molecular formula is C18H29BrN2O2. The first-order valence-corrected chi connectivity index (χ1v) is 9.10. The predicted molar refractivity (Wildman–Crippen MR) is 99.3 cm³/mol. The number of carbonyl (C=O) groups excluding carboxylic acids is 2. The van der Waals surface area contributed by atoms with Gasteiger partial charge in [0, 0.05) is 24.5 Å². The van der Waals surface area contributed by atoms with Crippen molar-refractivity contribution >= 4 is 28.2 Å². The summed E-state index contributed by atoms with van der Waals surface area (Å²) in [6.07, 6.45) is 2.92. The highest BCUT2D eigenvalue weighted by Crippen LogP contribution is 2.32. The summed E-state index contributed by atoms with van der Waals surface area (Å²) in [5, 5.41) is 2.69. The molecule has 5 heteroatoms. The number of rotatable bonds is 4. The molecule has 130 valence electrons. The average molecular weight is 385 g/mol. The number of benzene rings is 1. The van der Waals surface area contributed by atoms with Crippen molar-refractivity contribution in [3.8, 4) is 0 Å². The van der Waals surface area contributed by atoms with Crippen molar-refractivity contribution in [3.05, 3.63) is 34.3 Å². The fraction of sp³-hybridized carbons (Fsp3) is 0.556. The Bertz CT molecular complexity index is 476. The monoisotopic (exact) mass is 384 g/mol. The summed E-state index contributed by atoms with van der Waals surface area (Å²) in [7, 11) is 1.62. The van der Waals surface area contributed by atoms with E-state index in [-0.39, 0.29) is 5.91 Å². The fourth-order valence-electron chi connectivity index (χ4n) is 2.74. The van der Waals surface area contributed by atoms with Gasteiger partial charge in [-0.1, -0.05) is 55.8 Å². The predicted octanol–water partition coefficient (Wildman–Crippen LogP) is 3.78. The minimum Gasteiger partial charge on any atom is -0.357 e. The Morgan fingerprint density at radius 2 is 1.83 bits per heavy atom. The lowest BCUT2D eigenvalue weighted by atomic mass is 9.87. The van der Waals surface area contributed by atoms with Crippen LogP contribution in [0, 0.1) is 0 Å². The molecule has 0 radical (unpaired) electrons. The van der Waals surface area contributed by atoms with E-state index in [1.54, 1.807) is 11.9 Å². The van der Waals surface area contributed by atoms with Gasteiger partial charge in [-0.25, -0.2) is 0 Å². The van der Waals surface area contributed by atoms with Crippen LogP contribution in [0.15, 0.2) is 28.7 Å². The van der Waals surface area contributed by atoms with Gasteiger partial charge in [0.2, 0.25) is 12.3 Å². The van der Waals surface area contributed by atoms with Gasteiger partial charge in [-0.05, 0) is 30.5 Å². The zero-order valence-electron chi connectivity index (χ0n) is 14.9. The fourth-order valence-corrected chi connectivity index (χ4v) is 3.00. The summed E-state index contributed by atoms with van der Waals surface area (Å²) in [5.74, 6) is -0.0833. The SMILES string of the molecule is CC.CC.CNC(=O)C1(Cc2ccc(Br)cc2)CCCN1C=O. The molecule has 0 bridgehead atoms. The van der Waals surface area contributed by atoms with E-state index in [9.17, 15) is 9.59 Å². The molecular weight excluding hydrogens is 356 g/mol. The van der Waals surface area contributed by atoms with Crippen LogP contribution in [0.2, 0.25) is 0 Å². The lowest BCUT2D eigenvalue weighted by molar-refractivity contribution is -0.137. The van der Waals surface area contributed by atoms with Crippen LogP contribution in [-0.2, 0) is 16.0 Å². The number of amides is 2. The highest BCUT2D eigenvalue weighted by molar-refractivity contribution is 9.10. The number of hydrogen-bond acceptors (Lipinski definition) is 2. The van der Waals surface area contributed by atoms with Gasteiger partial charge in [-0.15, -0.1) is 0 Å². The summed E-state index contributed by atoms with van der Waals surface area (Å²) in [6.45, 7) is 8.65. The van der Waals surface area contributed by atoms with Crippen molar-refractivity contribution in [2.45, 2.75) is 52.5 Å². The Labute approximate surface area is 148 Å². The molecule has 2 amide bonds. The quantitative estimate of drug-likeness (QED) is 0.802. The number of hydrogen-bond donors (Lipinski definition) is 1. The first-order valence-electron chi connectivity index (χ1n) is 8.31. The second kappa shape index (κ2) is 11.2. The van der Waals surface area contributed by atoms with Crippen LogP contribution in [0.25, 0.3) is 0 Å². The molecule has 23 heavy (non-hydrogen) atoms. The Morgan fingerprint density at radius 1 is 1.26 bits per heavy atom. The van der Waals surface area contributed by atoms with Gasteiger partial charge in [0.1, 0.15) is 5.54 Å². The first kappa shape index (κ1) is 21.6. The zero-order valence-corrected chi connectivity index (χ0v) is 16.4. The minimum absolute atomic E-state index is 0.0833. The van der Waals surface area contributed by atoms with E-state index in [1.165, 1.54) is 0 Å². The van der Waals surface area contributed by atoms with Crippen molar-refractivity contribution in [1.29, 1.82) is 0 Å². The zero-order chi connectivity index (χ0) is 17.9. The van der Waals surface area contributed by atoms with Gasteiger partial charge in [0.25, 0.3) is 0 Å². The Hall–Kier alpha value is -1.36. The van der Waals surface area contributed by atoms with Gasteiger partial charge in [-0.3, -0.25) is 9.59 Å². The van der Waals surface area contributed by atoms with Crippen LogP contribution in [-0.4, -0.2) is 36.3 Å². The topological polar surface area (TPSA) is 49.4 Å². The van der Waals surface area contributed by atoms with E-state index in [2.05, 4.69) is 21.2 Å². The van der Waals surface area contributed by atoms with Crippen molar-refractivity contribution in [2.24, 2.45) is 0 Å². The molecule has 0 saturated carbocycles. The van der Waals surface area contributed by atoms with E-state index >= 15 is 0 Å². The molecule has 0 aromatic heterocycles. The number of likely N-dealkylation sites (N-methyl/N-ethyl adjacent to an activating group) is 1. The second-order valence-electron chi connectivity index (χ2n) is 4.82. The molecule has 0 spiro atoms. The smallest absolute Gasteiger partial charge is 0.246 e. The lowest BCUT2D eigenvalue weighted by Crippen LogP contribution is -2.55. The van der Waals surface area contributed by atoms with Crippen LogP contribution in [0.3, 0.4) is 0 Å². The van der Waals surface area contributed by atoms with Crippen molar-refractivity contribution in [3.63, 3.8) is 0 Å². The van der Waals surface area contributed by atoms with E-state index in [0.717, 1.165) is 22.9 Å². The van der Waals surface area contributed by atoms with Crippen molar-refractivity contribution < 1.29 is 9.59 Å². The first-order chi connectivity index (χ1) is 11.1. The normalized spacial score (nSPS) is 19.0. The van der Waals surface area contributed by atoms with E-state index in [0.29, 0.717) is 19.4 Å². The molecule has 0 aliphatic carbocycles. The van der Waals surface area contributed by atoms with Crippen LogP contribution in [0.5, 0.6) is 0 Å². The molecule has 1 aromatic carbocycles. The molecule has 1 aliphatic heterocycles. The standard InChI is InChI=1S/C14H17BrN2O2.2C2H6/c1-16-13(19)14(7-2-8-17(14)10-18)9-11-3-5-12(15)6-4-11;2*1-2/h3-6,10H,2,7-9H2,1H3,(H,16,19);2*1-2H3. The summed E-state index contributed by atoms with van der Waals surface area (Å²) < 4.78 is 1.00. The molecule has 1 aromatic rings. The summed E-state index contributed by atoms with van der Waals surface area (Å²) in [6, 6.07) is 7.87. The van der Waals surface area contributed by atoms with E-state index in [1.807, 2.05) is 52.0 Å². The van der Waals surface area contributed by atoms with Gasteiger partial charge in [0.05, 0.1) is 0 Å². The molecule has 1 unspecified atom stereocenters. The third-order valence-electron chi connectivity index (χ3n) is 3.73. The maximum absolute atomic E-state index is 12.3. The van der Waals surface area contributed by atoms with Crippen LogP contribution in [0.4, 0.5) is 0 Å². The maximum atomic E-state index is 12.3. The molecule has 1 saturated heterocycles. The minimum atomic E-state index is -0.732. The molecule has 4 nitrogen and oxygen atoms in total. The van der Waals surface area contributed by atoms with Gasteiger partial charge in [-0.2, -0.15) is 0 Å². The van der Waals surface area contributed by atoms with Gasteiger partial charge in [0.15, 0.2) is 0 Å².